The molecular formula is C26H31N3O8S. The highest BCUT2D eigenvalue weighted by Gasteiger charge is 2.40. The number of carboxylic acid groups (broad SMARTS) is 1. The molecule has 1 aliphatic rings. The lowest BCUT2D eigenvalue weighted by Crippen LogP contribution is -2.54. The van der Waals surface area contributed by atoms with Gasteiger partial charge in [0.15, 0.2) is 0 Å². The van der Waals surface area contributed by atoms with Gasteiger partial charge in [0.2, 0.25) is 5.91 Å². The van der Waals surface area contributed by atoms with Gasteiger partial charge in [-0.05, 0) is 37.0 Å². The number of aryl methyl sites for hydroxylation is 1. The highest BCUT2D eigenvalue weighted by molar-refractivity contribution is 7.99. The van der Waals surface area contributed by atoms with Gasteiger partial charge in [0, 0.05) is 23.6 Å². The fourth-order valence-corrected chi connectivity index (χ4v) is 4.83. The molecule has 3 atom stereocenters. The number of benzene rings is 2. The second-order valence-electron chi connectivity index (χ2n) is 8.70. The van der Waals surface area contributed by atoms with Gasteiger partial charge < -0.3 is 14.7 Å². The Bertz CT molecular complexity index is 1120. The van der Waals surface area contributed by atoms with E-state index >= 15 is 0 Å². The van der Waals surface area contributed by atoms with Crippen molar-refractivity contribution >= 4 is 35.3 Å². The van der Waals surface area contributed by atoms with Crippen molar-refractivity contribution in [3.05, 3.63) is 75.8 Å². The van der Waals surface area contributed by atoms with Crippen LogP contribution in [-0.4, -0.2) is 70.9 Å². The third-order valence-electron chi connectivity index (χ3n) is 6.07. The fourth-order valence-electron chi connectivity index (χ4n) is 4.24. The zero-order valence-electron chi connectivity index (χ0n) is 21.0. The van der Waals surface area contributed by atoms with Crippen molar-refractivity contribution in [3.8, 4) is 0 Å². The lowest BCUT2D eigenvalue weighted by Gasteiger charge is -2.28. The van der Waals surface area contributed by atoms with E-state index in [0.29, 0.717) is 30.0 Å². The molecule has 1 amide bonds. The molecule has 0 radical (unpaired) electrons. The first-order valence-electron chi connectivity index (χ1n) is 12.2. The number of carboxylic acids is 1. The summed E-state index contributed by atoms with van der Waals surface area (Å²) in [7, 11) is 0. The Kier molecular flexibility index (Phi) is 10.9. The van der Waals surface area contributed by atoms with Crippen LogP contribution in [0.4, 0.5) is 5.69 Å². The summed E-state index contributed by atoms with van der Waals surface area (Å²) in [5.41, 5.74) is 2.36. The number of para-hydroxylation sites is 1. The summed E-state index contributed by atoms with van der Waals surface area (Å²) in [6.45, 7) is 1.65. The van der Waals surface area contributed by atoms with Gasteiger partial charge in [-0.2, -0.15) is 11.8 Å². The van der Waals surface area contributed by atoms with Gasteiger partial charge in [0.05, 0.1) is 6.04 Å². The molecule has 0 saturated carbocycles. The monoisotopic (exact) mass is 545 g/mol. The summed E-state index contributed by atoms with van der Waals surface area (Å²) in [4.78, 5) is 54.1. The van der Waals surface area contributed by atoms with Crippen molar-refractivity contribution in [2.24, 2.45) is 0 Å². The van der Waals surface area contributed by atoms with Crippen molar-refractivity contribution in [3.63, 3.8) is 0 Å². The molecule has 38 heavy (non-hydrogen) atoms. The van der Waals surface area contributed by atoms with Crippen molar-refractivity contribution in [1.82, 2.24) is 5.32 Å². The lowest BCUT2D eigenvalue weighted by atomic mass is 10.0. The summed E-state index contributed by atoms with van der Waals surface area (Å²) in [6, 6.07) is 14.0. The van der Waals surface area contributed by atoms with Gasteiger partial charge in [0.1, 0.15) is 25.3 Å². The third-order valence-corrected chi connectivity index (χ3v) is 6.98. The van der Waals surface area contributed by atoms with Crippen LogP contribution in [0, 0.1) is 10.1 Å². The molecule has 3 unspecified atom stereocenters. The quantitative estimate of drug-likeness (QED) is 0.148. The minimum Gasteiger partial charge on any atom is -0.480 e. The predicted molar refractivity (Wildman–Crippen MR) is 141 cm³/mol. The maximum atomic E-state index is 13.4. The molecule has 0 aromatic heterocycles. The van der Waals surface area contributed by atoms with Crippen LogP contribution in [0.15, 0.2) is 54.6 Å². The molecular weight excluding hydrogens is 514 g/mol. The van der Waals surface area contributed by atoms with Crippen LogP contribution in [0.25, 0.3) is 0 Å². The average Bonchev–Trinajstić information content (AvgIpc) is 3.30. The van der Waals surface area contributed by atoms with Crippen molar-refractivity contribution in [2.75, 3.05) is 29.6 Å². The van der Waals surface area contributed by atoms with Crippen LogP contribution in [0.1, 0.15) is 24.5 Å². The molecule has 3 rings (SSSR count). The normalized spacial score (nSPS) is 15.8. The van der Waals surface area contributed by atoms with Crippen molar-refractivity contribution in [1.29, 1.82) is 0 Å². The Morgan fingerprint density at radius 2 is 1.82 bits per heavy atom. The number of hydrogen-bond acceptors (Lipinski definition) is 9. The number of rotatable bonds is 15. The second kappa shape index (κ2) is 14.3. The summed E-state index contributed by atoms with van der Waals surface area (Å²) in [6.07, 6.45) is 1.14. The Balaban J connectivity index is 1.63. The number of nitrogens with one attached hydrogen (secondary N) is 1. The Morgan fingerprint density at radius 3 is 2.53 bits per heavy atom. The summed E-state index contributed by atoms with van der Waals surface area (Å²) in [5, 5.41) is 22.1. The largest absolute Gasteiger partial charge is 0.480 e. The van der Waals surface area contributed by atoms with Gasteiger partial charge in [0.25, 0.3) is 5.09 Å². The van der Waals surface area contributed by atoms with Crippen LogP contribution in [-0.2, 0) is 36.8 Å². The molecule has 204 valence electrons. The first-order valence-corrected chi connectivity index (χ1v) is 13.4. The molecule has 1 aliphatic heterocycles. The summed E-state index contributed by atoms with van der Waals surface area (Å²) >= 11 is 1.35. The molecule has 2 N–H and O–H groups in total. The minimum absolute atomic E-state index is 0.0521. The van der Waals surface area contributed by atoms with Crippen molar-refractivity contribution in [2.45, 2.75) is 44.3 Å². The molecule has 0 spiro atoms. The number of ether oxygens (including phenoxy) is 1. The number of aliphatic carboxylic acids is 1. The zero-order valence-corrected chi connectivity index (χ0v) is 21.8. The third kappa shape index (κ3) is 8.18. The molecule has 0 saturated heterocycles. The Labute approximate surface area is 224 Å². The van der Waals surface area contributed by atoms with Gasteiger partial charge in [-0.3, -0.25) is 19.8 Å². The van der Waals surface area contributed by atoms with Crippen LogP contribution < -0.4 is 10.2 Å². The Morgan fingerprint density at radius 1 is 1.13 bits per heavy atom. The predicted octanol–water partition coefficient (Wildman–Crippen LogP) is 2.49. The molecule has 0 bridgehead atoms. The SMILES string of the molecule is CC(NC(CCc1ccccc1)C(=O)OCCSCCO[N+](=O)[O-])C(=O)N1c2ccccc2CC1C(=O)O. The van der Waals surface area contributed by atoms with Crippen LogP contribution >= 0.6 is 11.8 Å². The van der Waals surface area contributed by atoms with E-state index in [1.165, 1.54) is 16.7 Å². The number of esters is 1. The van der Waals surface area contributed by atoms with E-state index in [-0.39, 0.29) is 19.6 Å². The molecule has 1 heterocycles. The topological polar surface area (TPSA) is 148 Å². The first-order chi connectivity index (χ1) is 18.3. The van der Waals surface area contributed by atoms with Crippen LogP contribution in [0.3, 0.4) is 0 Å². The number of nitrogens with zero attached hydrogens (tertiary/aromatic N) is 2. The fraction of sp³-hybridized carbons (Fsp3) is 0.423. The molecule has 2 aromatic carbocycles. The molecule has 11 nitrogen and oxygen atoms in total. The van der Waals surface area contributed by atoms with E-state index in [9.17, 15) is 29.6 Å². The van der Waals surface area contributed by atoms with Gasteiger partial charge >= 0.3 is 11.9 Å². The summed E-state index contributed by atoms with van der Waals surface area (Å²) < 4.78 is 5.43. The summed E-state index contributed by atoms with van der Waals surface area (Å²) in [5.74, 6) is -1.26. The smallest absolute Gasteiger partial charge is 0.327 e. The van der Waals surface area contributed by atoms with Crippen LogP contribution in [0.5, 0.6) is 0 Å². The maximum absolute atomic E-state index is 13.4. The van der Waals surface area contributed by atoms with E-state index < -0.39 is 41.1 Å². The average molecular weight is 546 g/mol. The lowest BCUT2D eigenvalue weighted by molar-refractivity contribution is -0.756. The van der Waals surface area contributed by atoms with Crippen molar-refractivity contribution < 1.29 is 34.2 Å². The van der Waals surface area contributed by atoms with E-state index in [0.717, 1.165) is 11.1 Å². The number of carbonyl (C=O) groups is 3. The van der Waals surface area contributed by atoms with E-state index in [1.807, 2.05) is 30.3 Å². The van der Waals surface area contributed by atoms with Gasteiger partial charge in [-0.1, -0.05) is 48.5 Å². The molecule has 0 aliphatic carbocycles. The number of amides is 1. The standard InChI is InChI=1S/C26H31N3O8S/c1-18(24(30)28-22-10-6-5-9-20(22)17-23(28)25(31)32)27-21(12-11-19-7-3-2-4-8-19)26(33)36-13-15-38-16-14-37-29(34)35/h2-10,18,21,23,27H,11-17H2,1H3,(H,31,32). The van der Waals surface area contributed by atoms with E-state index in [1.54, 1.807) is 31.2 Å². The number of hydrogen-bond donors (Lipinski definition) is 2. The number of thioether (sulfide) groups is 1. The number of anilines is 1. The molecule has 12 heteroatoms. The molecule has 2 aromatic rings. The number of fused-ring (bicyclic) bond motifs is 1. The first kappa shape index (κ1) is 28.9. The Hall–Kier alpha value is -3.64. The van der Waals surface area contributed by atoms with E-state index in [4.69, 9.17) is 4.74 Å². The maximum Gasteiger partial charge on any atom is 0.327 e. The number of carbonyl (C=O) groups excluding carboxylic acids is 2. The highest BCUT2D eigenvalue weighted by Crippen LogP contribution is 2.32. The minimum atomic E-state index is -1.09. The second-order valence-corrected chi connectivity index (χ2v) is 9.92. The highest BCUT2D eigenvalue weighted by atomic mass is 32.2. The van der Waals surface area contributed by atoms with Gasteiger partial charge in [-0.25, -0.2) is 4.79 Å². The van der Waals surface area contributed by atoms with E-state index in [2.05, 4.69) is 10.2 Å². The van der Waals surface area contributed by atoms with Crippen LogP contribution in [0.2, 0.25) is 0 Å². The van der Waals surface area contributed by atoms with Gasteiger partial charge in [-0.15, -0.1) is 10.1 Å². The molecule has 0 fully saturated rings. The zero-order chi connectivity index (χ0) is 27.5.